The van der Waals surface area contributed by atoms with E-state index in [1.807, 2.05) is 0 Å². The number of rotatable bonds is 10. The van der Waals surface area contributed by atoms with E-state index >= 15 is 0 Å². The Morgan fingerprint density at radius 3 is 2.54 bits per heavy atom. The van der Waals surface area contributed by atoms with Crippen LogP contribution in [0.25, 0.3) is 0 Å². The Bertz CT molecular complexity index is 1120. The summed E-state index contributed by atoms with van der Waals surface area (Å²) in [7, 11) is 2.76. The molecule has 1 saturated heterocycles. The molecule has 2 aliphatic heterocycles. The lowest BCUT2D eigenvalue weighted by Crippen LogP contribution is -2.71. The number of methoxy groups -OCH3 is 1. The summed E-state index contributed by atoms with van der Waals surface area (Å²) in [5.41, 5.74) is 0.741. The molecule has 202 valence electrons. The maximum Gasteiger partial charge on any atom is 0.511 e. The summed E-state index contributed by atoms with van der Waals surface area (Å²) in [5.74, 6) is -1.70. The van der Waals surface area contributed by atoms with Gasteiger partial charge in [-0.05, 0) is 26.3 Å². The number of aromatic nitrogens is 1. The number of carbonyl (C=O) groups excluding carboxylic acids is 4. The highest BCUT2D eigenvalue weighted by Crippen LogP contribution is 2.41. The molecule has 3 heterocycles. The molecule has 0 bridgehead atoms. The van der Waals surface area contributed by atoms with Crippen LogP contribution < -0.4 is 5.32 Å². The van der Waals surface area contributed by atoms with E-state index in [-0.39, 0.29) is 18.0 Å². The van der Waals surface area contributed by atoms with Gasteiger partial charge in [0.2, 0.25) is 6.29 Å². The Kier molecular flexibility index (Phi) is 9.50. The molecule has 0 radical (unpaired) electrons. The number of nitrogens with zero attached hydrogens (tertiary/aromatic N) is 3. The Labute approximate surface area is 221 Å². The molecule has 2 aliphatic rings. The van der Waals surface area contributed by atoms with Crippen LogP contribution in [-0.4, -0.2) is 89.9 Å². The highest BCUT2D eigenvalue weighted by Gasteiger charge is 2.55. The molecule has 0 saturated carbocycles. The molecule has 37 heavy (non-hydrogen) atoms. The number of hydrogen-bond acceptors (Lipinski definition) is 13. The smallest absolute Gasteiger partial charge is 0.431 e. The van der Waals surface area contributed by atoms with Gasteiger partial charge in [0.05, 0.1) is 17.7 Å². The van der Waals surface area contributed by atoms with Crippen molar-refractivity contribution in [2.75, 3.05) is 26.6 Å². The van der Waals surface area contributed by atoms with Crippen molar-refractivity contribution in [1.29, 1.82) is 0 Å². The molecule has 3 rings (SSSR count). The maximum absolute atomic E-state index is 13.1. The number of thiazole rings is 1. The second-order valence-electron chi connectivity index (χ2n) is 8.13. The average Bonchev–Trinajstić information content (AvgIpc) is 3.25. The molecule has 1 fully saturated rings. The zero-order valence-corrected chi connectivity index (χ0v) is 22.8. The van der Waals surface area contributed by atoms with E-state index in [0.29, 0.717) is 17.0 Å². The normalized spacial score (nSPS) is 20.1. The first-order valence-electron chi connectivity index (χ1n) is 11.2. The van der Waals surface area contributed by atoms with Crippen LogP contribution in [0.1, 0.15) is 31.5 Å². The van der Waals surface area contributed by atoms with Gasteiger partial charge in [0.25, 0.3) is 11.8 Å². The molecule has 3 atom stereocenters. The second kappa shape index (κ2) is 12.4. The molecule has 1 aromatic rings. The molecule has 2 amide bonds. The number of carbonyl (C=O) groups is 4. The highest BCUT2D eigenvalue weighted by molar-refractivity contribution is 8.00. The molecule has 13 nitrogen and oxygen atoms in total. The summed E-state index contributed by atoms with van der Waals surface area (Å²) in [6.45, 7) is 6.50. The average molecular weight is 557 g/mol. The fourth-order valence-electron chi connectivity index (χ4n) is 3.52. The minimum Gasteiger partial charge on any atom is -0.431 e. The van der Waals surface area contributed by atoms with Crippen LogP contribution in [0.3, 0.4) is 0 Å². The molecular weight excluding hydrogens is 528 g/mol. The molecule has 15 heteroatoms. The Hall–Kier alpha value is -3.17. The first-order chi connectivity index (χ1) is 17.6. The van der Waals surface area contributed by atoms with E-state index in [1.165, 1.54) is 49.1 Å². The quantitative estimate of drug-likeness (QED) is 0.147. The number of ether oxygens (including phenoxy) is 4. The summed E-state index contributed by atoms with van der Waals surface area (Å²) in [6.07, 6.45) is -2.68. The third-order valence-electron chi connectivity index (χ3n) is 4.97. The highest BCUT2D eigenvalue weighted by atomic mass is 32.2. The minimum absolute atomic E-state index is 0.0188. The number of β-lactam (4-membered cyclic amide) rings is 1. The number of hydrogen-bond donors (Lipinski definition) is 1. The fraction of sp³-hybridized carbons (Fsp3) is 0.545. The molecule has 3 unspecified atom stereocenters. The second-order valence-corrected chi connectivity index (χ2v) is 10.3. The lowest BCUT2D eigenvalue weighted by atomic mass is 10.0. The number of amides is 2. The number of nitrogens with one attached hydrogen (secondary N) is 1. The number of esters is 1. The van der Waals surface area contributed by atoms with Crippen molar-refractivity contribution in [3.63, 3.8) is 0 Å². The van der Waals surface area contributed by atoms with E-state index in [2.05, 4.69) is 15.5 Å². The van der Waals surface area contributed by atoms with Crippen molar-refractivity contribution in [2.24, 2.45) is 5.16 Å². The SMILES string of the molecule is COCC1=C(C(=O)OC(C)OC(=O)OC(C)C)N2C(=O)C(NC(=O)/C(=N/OC)c3csc(C)n3)C2SC1. The van der Waals surface area contributed by atoms with E-state index in [1.54, 1.807) is 26.2 Å². The fourth-order valence-corrected chi connectivity index (χ4v) is 5.45. The Balaban J connectivity index is 1.74. The van der Waals surface area contributed by atoms with Gasteiger partial charge in [-0.2, -0.15) is 0 Å². The number of thioether (sulfide) groups is 1. The number of aryl methyl sites for hydroxylation is 1. The van der Waals surface area contributed by atoms with Crippen LogP contribution in [-0.2, 0) is 38.2 Å². The van der Waals surface area contributed by atoms with Crippen LogP contribution in [0, 0.1) is 6.92 Å². The molecular formula is C22H28N4O9S2. The summed E-state index contributed by atoms with van der Waals surface area (Å²) in [5, 5.41) is 8.24. The van der Waals surface area contributed by atoms with Gasteiger partial charge in [0.1, 0.15) is 29.9 Å². The van der Waals surface area contributed by atoms with Gasteiger partial charge in [-0.3, -0.25) is 14.5 Å². The van der Waals surface area contributed by atoms with E-state index in [9.17, 15) is 19.2 Å². The van der Waals surface area contributed by atoms with Gasteiger partial charge in [-0.15, -0.1) is 23.1 Å². The van der Waals surface area contributed by atoms with Crippen molar-refractivity contribution < 1.29 is 43.0 Å². The Morgan fingerprint density at radius 2 is 1.95 bits per heavy atom. The van der Waals surface area contributed by atoms with Gasteiger partial charge < -0.3 is 29.1 Å². The van der Waals surface area contributed by atoms with E-state index in [4.69, 9.17) is 23.8 Å². The van der Waals surface area contributed by atoms with Crippen LogP contribution in [0.2, 0.25) is 0 Å². The van der Waals surface area contributed by atoms with Crippen LogP contribution in [0.15, 0.2) is 21.8 Å². The zero-order chi connectivity index (χ0) is 27.3. The predicted octanol–water partition coefficient (Wildman–Crippen LogP) is 1.55. The predicted molar refractivity (Wildman–Crippen MR) is 133 cm³/mol. The van der Waals surface area contributed by atoms with Crippen LogP contribution >= 0.6 is 23.1 Å². The van der Waals surface area contributed by atoms with Crippen LogP contribution in [0.4, 0.5) is 4.79 Å². The molecule has 0 aliphatic carbocycles. The topological polar surface area (TPSA) is 155 Å². The first kappa shape index (κ1) is 28.4. The third-order valence-corrected chi connectivity index (χ3v) is 7.09. The van der Waals surface area contributed by atoms with Crippen molar-refractivity contribution >= 4 is 52.7 Å². The Morgan fingerprint density at radius 1 is 1.22 bits per heavy atom. The largest absolute Gasteiger partial charge is 0.511 e. The van der Waals surface area contributed by atoms with Crippen molar-refractivity contribution in [2.45, 2.75) is 51.5 Å². The van der Waals surface area contributed by atoms with Gasteiger partial charge in [0.15, 0.2) is 5.71 Å². The molecule has 1 aromatic heterocycles. The van der Waals surface area contributed by atoms with Gasteiger partial charge in [0, 0.05) is 25.2 Å². The van der Waals surface area contributed by atoms with Gasteiger partial charge in [-0.1, -0.05) is 5.16 Å². The number of oxime groups is 1. The van der Waals surface area contributed by atoms with Crippen LogP contribution in [0.5, 0.6) is 0 Å². The van der Waals surface area contributed by atoms with Crippen molar-refractivity contribution in [3.8, 4) is 0 Å². The van der Waals surface area contributed by atoms with Crippen molar-refractivity contribution in [1.82, 2.24) is 15.2 Å². The lowest BCUT2D eigenvalue weighted by molar-refractivity contribution is -0.169. The van der Waals surface area contributed by atoms with E-state index < -0.39 is 47.7 Å². The monoisotopic (exact) mass is 556 g/mol. The van der Waals surface area contributed by atoms with Crippen molar-refractivity contribution in [3.05, 3.63) is 27.4 Å². The summed E-state index contributed by atoms with van der Waals surface area (Å²) in [4.78, 5) is 61.1. The molecule has 0 aromatic carbocycles. The minimum atomic E-state index is -1.27. The van der Waals surface area contributed by atoms with Gasteiger partial charge in [-0.25, -0.2) is 14.6 Å². The summed E-state index contributed by atoms with van der Waals surface area (Å²) in [6, 6.07) is -0.930. The molecule has 1 N–H and O–H groups in total. The number of fused-ring (bicyclic) bond motifs is 1. The standard InChI is InChI=1S/C22H28N4O9S2/c1-10(2)33-22(30)35-12(4)34-21(29)17-13(7-31-5)8-37-20-16(19(28)26(17)20)24-18(27)15(25-32-6)14-9-36-11(3)23-14/h9-10,12,16,20H,7-8H2,1-6H3,(H,24,27)/b25-15+. The summed E-state index contributed by atoms with van der Waals surface area (Å²) < 4.78 is 20.3. The lowest BCUT2D eigenvalue weighted by Gasteiger charge is -2.49. The maximum atomic E-state index is 13.1. The third kappa shape index (κ3) is 6.59. The van der Waals surface area contributed by atoms with E-state index in [0.717, 1.165) is 5.01 Å². The first-order valence-corrected chi connectivity index (χ1v) is 13.1. The van der Waals surface area contributed by atoms with Gasteiger partial charge >= 0.3 is 12.1 Å². The summed E-state index contributed by atoms with van der Waals surface area (Å²) >= 11 is 2.69. The molecule has 0 spiro atoms. The zero-order valence-electron chi connectivity index (χ0n) is 21.1.